The van der Waals surface area contributed by atoms with Crippen LogP contribution in [0, 0.1) is 11.6 Å². The lowest BCUT2D eigenvalue weighted by molar-refractivity contribution is -0.134. The van der Waals surface area contributed by atoms with Gasteiger partial charge in [0, 0.05) is 36.4 Å². The average molecular weight is 613 g/mol. The summed E-state index contributed by atoms with van der Waals surface area (Å²) in [5, 5.41) is 6.00. The lowest BCUT2D eigenvalue weighted by Crippen LogP contribution is -2.47. The highest BCUT2D eigenvalue weighted by Gasteiger charge is 2.29. The van der Waals surface area contributed by atoms with Crippen molar-refractivity contribution in [2.75, 3.05) is 17.2 Å². The Morgan fingerprint density at radius 2 is 1.79 bits per heavy atom. The maximum absolute atomic E-state index is 14.2. The van der Waals surface area contributed by atoms with Crippen LogP contribution in [-0.4, -0.2) is 38.9 Å². The van der Waals surface area contributed by atoms with Gasteiger partial charge in [-0.1, -0.05) is 42.8 Å². The number of anilines is 3. The van der Waals surface area contributed by atoms with Gasteiger partial charge in [0.2, 0.25) is 11.8 Å². The van der Waals surface area contributed by atoms with Gasteiger partial charge in [0.25, 0.3) is 0 Å². The van der Waals surface area contributed by atoms with Crippen molar-refractivity contribution in [3.63, 3.8) is 0 Å². The maximum atomic E-state index is 14.2. The highest BCUT2D eigenvalue weighted by Crippen LogP contribution is 2.34. The molecule has 1 atom stereocenters. The predicted molar refractivity (Wildman–Crippen MR) is 165 cm³/mol. The quantitative estimate of drug-likeness (QED) is 0.240. The number of rotatable bonds is 8. The molecule has 42 heavy (non-hydrogen) atoms. The van der Waals surface area contributed by atoms with Gasteiger partial charge in [0.05, 0.1) is 17.6 Å². The fraction of sp³-hybridized carbons (Fsp3) is 0.233. The molecule has 1 aliphatic heterocycles. The third-order valence-corrected chi connectivity index (χ3v) is 7.20. The fourth-order valence-electron chi connectivity index (χ4n) is 4.74. The van der Waals surface area contributed by atoms with Gasteiger partial charge in [0.15, 0.2) is 0 Å². The van der Waals surface area contributed by atoms with Crippen molar-refractivity contribution in [1.82, 2.24) is 14.5 Å². The Kier molecular flexibility index (Phi) is 9.87. The molecule has 0 saturated heterocycles. The summed E-state index contributed by atoms with van der Waals surface area (Å²) in [5.41, 5.74) is 9.34. The largest absolute Gasteiger partial charge is 0.340 e. The van der Waals surface area contributed by atoms with Crippen LogP contribution < -0.4 is 16.4 Å². The topological polar surface area (TPSA) is 105 Å². The van der Waals surface area contributed by atoms with Gasteiger partial charge < -0.3 is 25.8 Å². The number of nitrogens with one attached hydrogen (secondary N) is 2. The summed E-state index contributed by atoms with van der Waals surface area (Å²) in [6.45, 7) is 2.76. The zero-order valence-corrected chi connectivity index (χ0v) is 24.6. The van der Waals surface area contributed by atoms with Crippen LogP contribution >= 0.6 is 25.1 Å². The van der Waals surface area contributed by atoms with E-state index < -0.39 is 17.7 Å². The van der Waals surface area contributed by atoms with Gasteiger partial charge in [0.1, 0.15) is 29.0 Å². The monoisotopic (exact) mass is 612 g/mol. The molecule has 8 nitrogen and oxygen atoms in total. The molecule has 0 unspecified atom stereocenters. The molecule has 0 aliphatic carbocycles. The van der Waals surface area contributed by atoms with Gasteiger partial charge in [-0.2, -0.15) is 13.5 Å². The third-order valence-electron chi connectivity index (χ3n) is 6.90. The Hall–Kier alpha value is -3.93. The molecule has 220 valence electrons. The van der Waals surface area contributed by atoms with E-state index in [1.807, 2.05) is 16.7 Å². The van der Waals surface area contributed by atoms with Gasteiger partial charge in [-0.05, 0) is 54.4 Å². The number of nitrogens with zero attached hydrogens (tertiary/aromatic N) is 3. The molecule has 1 aromatic heterocycles. The smallest absolute Gasteiger partial charge is 0.240 e. The van der Waals surface area contributed by atoms with E-state index in [4.69, 9.17) is 22.3 Å². The summed E-state index contributed by atoms with van der Waals surface area (Å²) in [4.78, 5) is 31.3. The van der Waals surface area contributed by atoms with Crippen LogP contribution in [0.25, 0.3) is 11.3 Å². The molecule has 1 aliphatic rings. The number of carbonyl (C=O) groups is 2. The van der Waals surface area contributed by atoms with Gasteiger partial charge in [-0.3, -0.25) is 9.59 Å². The maximum Gasteiger partial charge on any atom is 0.240 e. The Balaban J connectivity index is 0.00000405. The SMILES string of the molecule is CCC(=O)Nc1ccc(C[C@H](N)C(=O)N2CCn3c(nc(-c4cccc(F)c4)c3Nc3ccc(Cl)c(F)c3)C2)cc1.S. The molecule has 2 amide bonds. The molecule has 3 aromatic carbocycles. The molecule has 0 fully saturated rings. The van der Waals surface area contributed by atoms with Crippen molar-refractivity contribution in [3.8, 4) is 11.3 Å². The Bertz CT molecular complexity index is 1600. The van der Waals surface area contributed by atoms with E-state index in [2.05, 4.69) is 10.6 Å². The number of imidazole rings is 1. The second kappa shape index (κ2) is 13.4. The molecule has 4 N–H and O–H groups in total. The first-order valence-electron chi connectivity index (χ1n) is 13.2. The van der Waals surface area contributed by atoms with E-state index in [1.54, 1.807) is 42.2 Å². The van der Waals surface area contributed by atoms with Crippen LogP contribution in [-0.2, 0) is 29.1 Å². The second-order valence-corrected chi connectivity index (χ2v) is 10.2. The number of aromatic nitrogens is 2. The van der Waals surface area contributed by atoms with E-state index in [0.717, 1.165) is 5.56 Å². The number of halogens is 3. The summed E-state index contributed by atoms with van der Waals surface area (Å²) >= 11 is 5.85. The number of amides is 2. The zero-order chi connectivity index (χ0) is 29.1. The molecule has 0 radical (unpaired) electrons. The van der Waals surface area contributed by atoms with Gasteiger partial charge in [-0.15, -0.1) is 0 Å². The molecule has 5 rings (SSSR count). The van der Waals surface area contributed by atoms with Crippen molar-refractivity contribution < 1.29 is 18.4 Å². The molecule has 4 aromatic rings. The number of fused-ring (bicyclic) bond motifs is 1. The lowest BCUT2D eigenvalue weighted by Gasteiger charge is -2.30. The van der Waals surface area contributed by atoms with Gasteiger partial charge in [-0.25, -0.2) is 13.8 Å². The zero-order valence-electron chi connectivity index (χ0n) is 22.8. The van der Waals surface area contributed by atoms with E-state index in [9.17, 15) is 18.4 Å². The number of nitrogens with two attached hydrogens (primary N) is 1. The molecule has 2 heterocycles. The fourth-order valence-corrected chi connectivity index (χ4v) is 4.86. The highest BCUT2D eigenvalue weighted by molar-refractivity contribution is 7.59. The molecule has 0 spiro atoms. The van der Waals surface area contributed by atoms with Crippen molar-refractivity contribution in [1.29, 1.82) is 0 Å². The van der Waals surface area contributed by atoms with Gasteiger partial charge >= 0.3 is 0 Å². The summed E-state index contributed by atoms with van der Waals surface area (Å²) in [7, 11) is 0. The number of hydrogen-bond donors (Lipinski definition) is 3. The highest BCUT2D eigenvalue weighted by atomic mass is 35.5. The Labute approximate surface area is 254 Å². The van der Waals surface area contributed by atoms with Crippen LogP contribution in [0.4, 0.5) is 26.0 Å². The minimum absolute atomic E-state index is 0. The number of carbonyl (C=O) groups excluding carboxylic acids is 2. The van der Waals surface area contributed by atoms with Crippen molar-refractivity contribution >= 4 is 54.1 Å². The third kappa shape index (κ3) is 6.92. The first-order valence-corrected chi connectivity index (χ1v) is 13.6. The van der Waals surface area contributed by atoms with E-state index in [0.29, 0.717) is 60.2 Å². The molecular formula is C30H31ClF2N6O2S. The van der Waals surface area contributed by atoms with Crippen molar-refractivity contribution in [3.05, 3.63) is 94.8 Å². The van der Waals surface area contributed by atoms with Crippen LogP contribution in [0.15, 0.2) is 66.7 Å². The summed E-state index contributed by atoms with van der Waals surface area (Å²) < 4.78 is 30.2. The second-order valence-electron chi connectivity index (χ2n) is 9.81. The average Bonchev–Trinajstić information content (AvgIpc) is 3.33. The van der Waals surface area contributed by atoms with E-state index in [-0.39, 0.29) is 36.9 Å². The molecular weight excluding hydrogens is 582 g/mol. The summed E-state index contributed by atoms with van der Waals surface area (Å²) in [6, 6.07) is 16.9. The first-order chi connectivity index (χ1) is 19.7. The molecule has 0 saturated carbocycles. The standard InChI is InChI=1S/C30H29ClF2N6O2.H2S/c1-2-27(40)35-21-8-6-18(7-9-21)14-25(34)30(41)38-12-13-39-26(17-38)37-28(19-4-3-5-20(32)15-19)29(39)36-22-10-11-23(31)24(33)16-22;/h3-11,15-16,25,36H,2,12-14,17,34H2,1H3,(H,35,40);1H2/t25-;/m0./s1. The van der Waals surface area contributed by atoms with Crippen LogP contribution in [0.1, 0.15) is 24.7 Å². The minimum Gasteiger partial charge on any atom is -0.340 e. The summed E-state index contributed by atoms with van der Waals surface area (Å²) in [6.07, 6.45) is 0.714. The normalized spacial score (nSPS) is 13.1. The Morgan fingerprint density at radius 3 is 2.48 bits per heavy atom. The number of hydrogen-bond acceptors (Lipinski definition) is 5. The van der Waals surface area contributed by atoms with Crippen LogP contribution in [0.5, 0.6) is 0 Å². The first kappa shape index (κ1) is 31.0. The Morgan fingerprint density at radius 1 is 1.05 bits per heavy atom. The van der Waals surface area contributed by atoms with Crippen molar-refractivity contribution in [2.45, 2.75) is 38.9 Å². The lowest BCUT2D eigenvalue weighted by atomic mass is 10.0. The number of benzene rings is 3. The molecule has 0 bridgehead atoms. The van der Waals surface area contributed by atoms with Crippen LogP contribution in [0.3, 0.4) is 0 Å². The predicted octanol–water partition coefficient (Wildman–Crippen LogP) is 5.60. The van der Waals surface area contributed by atoms with Crippen LogP contribution in [0.2, 0.25) is 5.02 Å². The minimum atomic E-state index is -0.773. The van der Waals surface area contributed by atoms with Crippen molar-refractivity contribution in [2.24, 2.45) is 5.73 Å². The van der Waals surface area contributed by atoms with E-state index in [1.165, 1.54) is 24.3 Å². The van der Waals surface area contributed by atoms with E-state index >= 15 is 0 Å². The summed E-state index contributed by atoms with van der Waals surface area (Å²) in [5.74, 6) is -0.145. The molecule has 12 heteroatoms.